The molecule has 0 unspecified atom stereocenters. The first kappa shape index (κ1) is 18.4. The van der Waals surface area contributed by atoms with Crippen LogP contribution in [0.1, 0.15) is 35.6 Å². The Kier molecular flexibility index (Phi) is 5.21. The van der Waals surface area contributed by atoms with Crippen molar-refractivity contribution in [1.29, 1.82) is 0 Å². The minimum absolute atomic E-state index is 0.141. The summed E-state index contributed by atoms with van der Waals surface area (Å²) < 4.78 is 0. The molecule has 1 aliphatic rings. The second kappa shape index (κ2) is 7.94. The summed E-state index contributed by atoms with van der Waals surface area (Å²) in [6.45, 7) is 4.59. The van der Waals surface area contributed by atoms with Crippen molar-refractivity contribution in [3.8, 4) is 17.3 Å². The molecule has 0 aliphatic carbocycles. The number of rotatable bonds is 4. The Balaban J connectivity index is 1.46. The number of pyridine rings is 1. The number of aromatic nitrogens is 3. The van der Waals surface area contributed by atoms with Crippen LogP contribution in [0.25, 0.3) is 11.5 Å². The lowest BCUT2D eigenvalue weighted by atomic mass is 9.93. The monoisotopic (exact) mass is 376 g/mol. The molecule has 0 radical (unpaired) electrons. The number of phenols is 1. The molecule has 4 rings (SSSR count). The van der Waals surface area contributed by atoms with E-state index in [0.29, 0.717) is 17.3 Å². The van der Waals surface area contributed by atoms with Crippen molar-refractivity contribution < 1.29 is 5.11 Å². The number of likely N-dealkylation sites (tertiary alicyclic amines) is 1. The van der Waals surface area contributed by atoms with Gasteiger partial charge in [-0.3, -0.25) is 14.7 Å². The minimum Gasteiger partial charge on any atom is -0.508 e. The number of H-pyrrole nitrogens is 1. The summed E-state index contributed by atoms with van der Waals surface area (Å²) in [7, 11) is 0. The predicted molar refractivity (Wildman–Crippen MR) is 108 cm³/mol. The fraction of sp³-hybridized carbons (Fsp3) is 0.318. The van der Waals surface area contributed by atoms with Crippen molar-refractivity contribution in [3.63, 3.8) is 0 Å². The van der Waals surface area contributed by atoms with Gasteiger partial charge in [0.1, 0.15) is 11.4 Å². The first-order chi connectivity index (χ1) is 13.6. The summed E-state index contributed by atoms with van der Waals surface area (Å²) in [5.41, 5.74) is 3.48. The van der Waals surface area contributed by atoms with Crippen LogP contribution in [0.4, 0.5) is 0 Å². The molecule has 0 spiro atoms. The molecule has 1 saturated heterocycles. The van der Waals surface area contributed by atoms with E-state index >= 15 is 0 Å². The molecule has 3 heterocycles. The van der Waals surface area contributed by atoms with Crippen molar-refractivity contribution >= 4 is 0 Å². The Bertz CT molecular complexity index is 1010. The number of phenolic OH excluding ortho intramolecular Hbond substituents is 1. The fourth-order valence-corrected chi connectivity index (χ4v) is 3.78. The first-order valence-corrected chi connectivity index (χ1v) is 9.62. The quantitative estimate of drug-likeness (QED) is 0.731. The lowest BCUT2D eigenvalue weighted by molar-refractivity contribution is 0.201. The molecule has 3 aromatic rings. The zero-order valence-corrected chi connectivity index (χ0v) is 15.9. The summed E-state index contributed by atoms with van der Waals surface area (Å²) >= 11 is 0. The van der Waals surface area contributed by atoms with Gasteiger partial charge in [0.05, 0.1) is 5.69 Å². The molecule has 28 heavy (non-hydrogen) atoms. The maximum Gasteiger partial charge on any atom is 0.251 e. The average molecular weight is 376 g/mol. The standard InChI is InChI=1S/C22H24N4O2/c1-15-5-6-20(27)17(12-15)14-26-10-7-16(8-11-26)19-13-21(28)25-22(24-19)18-4-2-3-9-23-18/h2-6,9,12-13,16,27H,7-8,10-11,14H2,1H3,(H,24,25,28). The number of aromatic hydroxyl groups is 1. The van der Waals surface area contributed by atoms with Crippen molar-refractivity contribution in [2.24, 2.45) is 0 Å². The molecule has 1 aromatic carbocycles. The van der Waals surface area contributed by atoms with Gasteiger partial charge in [-0.2, -0.15) is 0 Å². The summed E-state index contributed by atoms with van der Waals surface area (Å²) in [5, 5.41) is 10.1. The van der Waals surface area contributed by atoms with Gasteiger partial charge in [0, 0.05) is 30.3 Å². The Morgan fingerprint density at radius 1 is 1.18 bits per heavy atom. The number of nitrogens with zero attached hydrogens (tertiary/aromatic N) is 3. The van der Waals surface area contributed by atoms with Gasteiger partial charge < -0.3 is 10.1 Å². The lowest BCUT2D eigenvalue weighted by Crippen LogP contribution is -2.33. The molecule has 2 aromatic heterocycles. The van der Waals surface area contributed by atoms with E-state index in [2.05, 4.69) is 19.9 Å². The Morgan fingerprint density at radius 2 is 2.00 bits per heavy atom. The fourth-order valence-electron chi connectivity index (χ4n) is 3.78. The molecule has 0 saturated carbocycles. The van der Waals surface area contributed by atoms with E-state index in [1.165, 1.54) is 0 Å². The van der Waals surface area contributed by atoms with Crippen LogP contribution in [0.15, 0.2) is 53.5 Å². The third kappa shape index (κ3) is 4.12. The largest absolute Gasteiger partial charge is 0.508 e. The topological polar surface area (TPSA) is 82.1 Å². The predicted octanol–water partition coefficient (Wildman–Crippen LogP) is 3.23. The Morgan fingerprint density at radius 3 is 2.75 bits per heavy atom. The summed E-state index contributed by atoms with van der Waals surface area (Å²) in [4.78, 5) is 26.2. The van der Waals surface area contributed by atoms with Crippen LogP contribution >= 0.6 is 0 Å². The van der Waals surface area contributed by atoms with E-state index in [1.807, 2.05) is 37.3 Å². The van der Waals surface area contributed by atoms with Gasteiger partial charge in [0.2, 0.25) is 0 Å². The van der Waals surface area contributed by atoms with Gasteiger partial charge in [-0.15, -0.1) is 0 Å². The van der Waals surface area contributed by atoms with Gasteiger partial charge in [-0.05, 0) is 51.1 Å². The third-order valence-electron chi connectivity index (χ3n) is 5.30. The SMILES string of the molecule is Cc1ccc(O)c(CN2CCC(c3cc(=O)[nH]c(-c4ccccn4)n3)CC2)c1. The number of benzene rings is 1. The van der Waals surface area contributed by atoms with Crippen molar-refractivity contribution in [3.05, 3.63) is 75.8 Å². The number of aryl methyl sites for hydroxylation is 1. The van der Waals surface area contributed by atoms with Gasteiger partial charge in [0.25, 0.3) is 5.56 Å². The highest BCUT2D eigenvalue weighted by Gasteiger charge is 2.23. The molecule has 144 valence electrons. The van der Waals surface area contributed by atoms with Gasteiger partial charge in [-0.1, -0.05) is 23.8 Å². The van der Waals surface area contributed by atoms with Gasteiger partial charge in [0.15, 0.2) is 5.82 Å². The van der Waals surface area contributed by atoms with Gasteiger partial charge in [-0.25, -0.2) is 4.98 Å². The molecule has 1 aliphatic heterocycles. The highest BCUT2D eigenvalue weighted by atomic mass is 16.3. The molecule has 0 amide bonds. The van der Waals surface area contributed by atoms with Crippen LogP contribution in [-0.4, -0.2) is 38.0 Å². The van der Waals surface area contributed by atoms with E-state index in [1.54, 1.807) is 18.3 Å². The van der Waals surface area contributed by atoms with Crippen LogP contribution in [0.5, 0.6) is 5.75 Å². The first-order valence-electron chi connectivity index (χ1n) is 9.62. The second-order valence-electron chi connectivity index (χ2n) is 7.42. The normalized spacial score (nSPS) is 15.6. The van der Waals surface area contributed by atoms with Crippen molar-refractivity contribution in [2.45, 2.75) is 32.2 Å². The van der Waals surface area contributed by atoms with E-state index in [-0.39, 0.29) is 11.5 Å². The van der Waals surface area contributed by atoms with Crippen LogP contribution < -0.4 is 5.56 Å². The zero-order valence-electron chi connectivity index (χ0n) is 15.9. The summed E-state index contributed by atoms with van der Waals surface area (Å²) in [6, 6.07) is 12.9. The lowest BCUT2D eigenvalue weighted by Gasteiger charge is -2.31. The number of hydrogen-bond acceptors (Lipinski definition) is 5. The van der Waals surface area contributed by atoms with E-state index in [0.717, 1.165) is 49.3 Å². The molecule has 6 heteroatoms. The summed E-state index contributed by atoms with van der Waals surface area (Å²) in [5.74, 6) is 1.13. The third-order valence-corrected chi connectivity index (χ3v) is 5.30. The molecule has 6 nitrogen and oxygen atoms in total. The van der Waals surface area contributed by atoms with Crippen molar-refractivity contribution in [1.82, 2.24) is 19.9 Å². The number of nitrogens with one attached hydrogen (secondary N) is 1. The van der Waals surface area contributed by atoms with Gasteiger partial charge >= 0.3 is 0 Å². The highest BCUT2D eigenvalue weighted by Crippen LogP contribution is 2.29. The molecular formula is C22H24N4O2. The zero-order chi connectivity index (χ0) is 19.5. The number of hydrogen-bond donors (Lipinski definition) is 2. The molecule has 0 atom stereocenters. The molecule has 1 fully saturated rings. The van der Waals surface area contributed by atoms with Crippen LogP contribution in [0.3, 0.4) is 0 Å². The smallest absolute Gasteiger partial charge is 0.251 e. The molecular weight excluding hydrogens is 352 g/mol. The maximum atomic E-state index is 12.1. The van der Waals surface area contributed by atoms with E-state index < -0.39 is 0 Å². The minimum atomic E-state index is -0.141. The highest BCUT2D eigenvalue weighted by molar-refractivity contribution is 5.48. The molecule has 2 N–H and O–H groups in total. The summed E-state index contributed by atoms with van der Waals surface area (Å²) in [6.07, 6.45) is 3.57. The van der Waals surface area contributed by atoms with Crippen LogP contribution in [0, 0.1) is 6.92 Å². The van der Waals surface area contributed by atoms with Crippen LogP contribution in [0.2, 0.25) is 0 Å². The second-order valence-corrected chi connectivity index (χ2v) is 7.42. The van der Waals surface area contributed by atoms with E-state index in [4.69, 9.17) is 0 Å². The number of aromatic amines is 1. The van der Waals surface area contributed by atoms with Crippen LogP contribution in [-0.2, 0) is 6.54 Å². The number of piperidine rings is 1. The van der Waals surface area contributed by atoms with Crippen molar-refractivity contribution in [2.75, 3.05) is 13.1 Å². The maximum absolute atomic E-state index is 12.1. The Labute approximate surface area is 163 Å². The van der Waals surface area contributed by atoms with E-state index in [9.17, 15) is 9.90 Å². The molecule has 0 bridgehead atoms. The Hall–Kier alpha value is -2.99. The average Bonchev–Trinajstić information content (AvgIpc) is 2.71.